The lowest BCUT2D eigenvalue weighted by atomic mass is 10.0. The molecule has 0 radical (unpaired) electrons. The van der Waals surface area contributed by atoms with E-state index in [0.29, 0.717) is 0 Å². The number of hydrogen-bond acceptors (Lipinski definition) is 2. The molecule has 2 nitrogen and oxygen atoms in total. The number of ether oxygens (including phenoxy) is 1. The van der Waals surface area contributed by atoms with Crippen molar-refractivity contribution in [2.45, 2.75) is 25.0 Å². The first-order valence-electron chi connectivity index (χ1n) is 4.74. The maximum absolute atomic E-state index is 9.98. The van der Waals surface area contributed by atoms with Gasteiger partial charge in [0.25, 0.3) is 0 Å². The van der Waals surface area contributed by atoms with Gasteiger partial charge in [-0.1, -0.05) is 39.2 Å². The van der Waals surface area contributed by atoms with E-state index < -0.39 is 6.10 Å². The molecule has 1 N–H and O–H groups in total. The lowest BCUT2D eigenvalue weighted by molar-refractivity contribution is 0.0430. The Morgan fingerprint density at radius 1 is 1.36 bits per heavy atom. The lowest BCUT2D eigenvalue weighted by Gasteiger charge is -2.17. The first-order chi connectivity index (χ1) is 6.77. The normalized spacial score (nSPS) is 23.8. The third kappa shape index (κ3) is 2.03. The number of hydrogen-bond donors (Lipinski definition) is 1. The molecular weight excluding hydrogens is 195 g/mol. The van der Waals surface area contributed by atoms with Gasteiger partial charge in [-0.3, -0.25) is 0 Å². The minimum absolute atomic E-state index is 0.107. The topological polar surface area (TPSA) is 29.5 Å². The SMILES string of the molecule is OC(c1ccccc1)C1CCC(=P)O1. The van der Waals surface area contributed by atoms with E-state index in [2.05, 4.69) is 8.86 Å². The molecule has 1 heterocycles. The van der Waals surface area contributed by atoms with Crippen molar-refractivity contribution < 1.29 is 9.84 Å². The minimum Gasteiger partial charge on any atom is -0.386 e. The van der Waals surface area contributed by atoms with Gasteiger partial charge < -0.3 is 9.84 Å². The molecule has 1 aromatic rings. The summed E-state index contributed by atoms with van der Waals surface area (Å²) in [5, 5.41) is 9.98. The summed E-state index contributed by atoms with van der Waals surface area (Å²) in [6.45, 7) is 0. The summed E-state index contributed by atoms with van der Waals surface area (Å²) in [4.78, 5) is 0. The average Bonchev–Trinajstić information content (AvgIpc) is 2.65. The predicted octanol–water partition coefficient (Wildman–Crippen LogP) is 2.17. The first kappa shape index (κ1) is 9.85. The van der Waals surface area contributed by atoms with Gasteiger partial charge in [0.2, 0.25) is 0 Å². The van der Waals surface area contributed by atoms with Crippen LogP contribution in [0.3, 0.4) is 0 Å². The van der Waals surface area contributed by atoms with E-state index in [4.69, 9.17) is 4.74 Å². The standard InChI is InChI=1S/C11H13O2P/c12-11(8-4-2-1-3-5-8)9-6-7-10(14)13-9/h1-5,9,11-12,14H,6-7H2. The summed E-state index contributed by atoms with van der Waals surface area (Å²) < 4.78 is 5.46. The van der Waals surface area contributed by atoms with Gasteiger partial charge in [-0.25, -0.2) is 0 Å². The van der Waals surface area contributed by atoms with Crippen LogP contribution in [0.4, 0.5) is 0 Å². The van der Waals surface area contributed by atoms with Gasteiger partial charge in [0.15, 0.2) is 0 Å². The molecule has 0 aliphatic carbocycles. The molecule has 0 spiro atoms. The smallest absolute Gasteiger partial charge is 0.106 e. The van der Waals surface area contributed by atoms with Crippen molar-refractivity contribution >= 4 is 14.3 Å². The fraction of sp³-hybridized carbons (Fsp3) is 0.364. The van der Waals surface area contributed by atoms with Crippen LogP contribution in [0.15, 0.2) is 30.3 Å². The van der Waals surface area contributed by atoms with Gasteiger partial charge in [0.05, 0.1) is 11.6 Å². The molecule has 2 unspecified atom stereocenters. The van der Waals surface area contributed by atoms with Crippen LogP contribution < -0.4 is 0 Å². The Balaban J connectivity index is 2.09. The summed E-state index contributed by atoms with van der Waals surface area (Å²) in [7, 11) is 3.35. The van der Waals surface area contributed by atoms with E-state index >= 15 is 0 Å². The van der Waals surface area contributed by atoms with Crippen molar-refractivity contribution in [3.8, 4) is 0 Å². The fourth-order valence-corrected chi connectivity index (χ4v) is 1.96. The quantitative estimate of drug-likeness (QED) is 0.755. The lowest BCUT2D eigenvalue weighted by Crippen LogP contribution is -2.17. The molecular formula is C11H13O2P. The molecule has 2 rings (SSSR count). The molecule has 0 bridgehead atoms. The first-order valence-corrected chi connectivity index (χ1v) is 5.24. The van der Waals surface area contributed by atoms with Gasteiger partial charge >= 0.3 is 0 Å². The predicted molar refractivity (Wildman–Crippen MR) is 58.8 cm³/mol. The molecule has 3 heteroatoms. The molecule has 0 saturated carbocycles. The van der Waals surface area contributed by atoms with Crippen molar-refractivity contribution in [2.75, 3.05) is 0 Å². The number of aliphatic hydroxyl groups excluding tert-OH is 1. The molecule has 1 aromatic carbocycles. The number of aliphatic hydroxyl groups is 1. The van der Waals surface area contributed by atoms with E-state index in [1.54, 1.807) is 0 Å². The Bertz CT molecular complexity index is 323. The zero-order chi connectivity index (χ0) is 9.97. The van der Waals surface area contributed by atoms with Crippen LogP contribution in [-0.4, -0.2) is 16.7 Å². The van der Waals surface area contributed by atoms with Gasteiger partial charge in [0, 0.05) is 6.42 Å². The summed E-state index contributed by atoms with van der Waals surface area (Å²) in [6, 6.07) is 9.62. The molecule has 74 valence electrons. The van der Waals surface area contributed by atoms with Crippen LogP contribution in [0.5, 0.6) is 0 Å². The van der Waals surface area contributed by atoms with Crippen LogP contribution in [0.2, 0.25) is 0 Å². The zero-order valence-corrected chi connectivity index (χ0v) is 8.81. The maximum Gasteiger partial charge on any atom is 0.106 e. The second-order valence-electron chi connectivity index (χ2n) is 3.47. The van der Waals surface area contributed by atoms with Crippen molar-refractivity contribution in [3.05, 3.63) is 35.9 Å². The van der Waals surface area contributed by atoms with Crippen LogP contribution in [-0.2, 0) is 4.74 Å². The van der Waals surface area contributed by atoms with Crippen LogP contribution in [0, 0.1) is 0 Å². The highest BCUT2D eigenvalue weighted by atomic mass is 31.0. The second kappa shape index (κ2) is 4.22. The molecule has 0 amide bonds. The van der Waals surface area contributed by atoms with Gasteiger partial charge in [-0.05, 0) is 12.0 Å². The van der Waals surface area contributed by atoms with Gasteiger partial charge in [-0.2, -0.15) is 0 Å². The maximum atomic E-state index is 9.98. The van der Waals surface area contributed by atoms with E-state index in [0.717, 1.165) is 23.9 Å². The van der Waals surface area contributed by atoms with Gasteiger partial charge in [-0.15, -0.1) is 0 Å². The van der Waals surface area contributed by atoms with Gasteiger partial charge in [0.1, 0.15) is 6.10 Å². The highest BCUT2D eigenvalue weighted by molar-refractivity contribution is 7.20. The second-order valence-corrected chi connectivity index (χ2v) is 4.03. The summed E-state index contributed by atoms with van der Waals surface area (Å²) in [6.07, 6.45) is 1.12. The van der Waals surface area contributed by atoms with Crippen LogP contribution in [0.1, 0.15) is 24.5 Å². The highest BCUT2D eigenvalue weighted by Crippen LogP contribution is 2.27. The average molecular weight is 208 g/mol. The third-order valence-electron chi connectivity index (χ3n) is 2.44. The summed E-state index contributed by atoms with van der Waals surface area (Å²) in [5.41, 5.74) is 1.75. The third-order valence-corrected chi connectivity index (χ3v) is 2.81. The van der Waals surface area contributed by atoms with E-state index in [-0.39, 0.29) is 6.10 Å². The Morgan fingerprint density at radius 3 is 2.64 bits per heavy atom. The summed E-state index contributed by atoms with van der Waals surface area (Å²) in [5.74, 6) is 0. The molecule has 1 aliphatic heterocycles. The Morgan fingerprint density at radius 2 is 2.07 bits per heavy atom. The molecule has 1 fully saturated rings. The number of rotatable bonds is 2. The monoisotopic (exact) mass is 208 g/mol. The van der Waals surface area contributed by atoms with Crippen molar-refractivity contribution in [1.29, 1.82) is 0 Å². The van der Waals surface area contributed by atoms with Crippen molar-refractivity contribution in [1.82, 2.24) is 0 Å². The van der Waals surface area contributed by atoms with Crippen LogP contribution in [0.25, 0.3) is 0 Å². The Labute approximate surface area is 85.7 Å². The highest BCUT2D eigenvalue weighted by Gasteiger charge is 2.27. The molecule has 2 atom stereocenters. The molecule has 1 aliphatic rings. The Hall–Kier alpha value is -0.690. The molecule has 0 aromatic heterocycles. The van der Waals surface area contributed by atoms with E-state index in [1.807, 2.05) is 30.3 Å². The minimum atomic E-state index is -0.523. The zero-order valence-electron chi connectivity index (χ0n) is 7.81. The largest absolute Gasteiger partial charge is 0.386 e. The van der Waals surface area contributed by atoms with Crippen molar-refractivity contribution in [3.63, 3.8) is 0 Å². The number of benzene rings is 1. The van der Waals surface area contributed by atoms with E-state index in [9.17, 15) is 5.11 Å². The van der Waals surface area contributed by atoms with Crippen molar-refractivity contribution in [2.24, 2.45) is 0 Å². The fourth-order valence-electron chi connectivity index (χ4n) is 1.66. The van der Waals surface area contributed by atoms with E-state index in [1.165, 1.54) is 0 Å². The molecule has 14 heavy (non-hydrogen) atoms. The molecule has 1 saturated heterocycles. The Kier molecular flexibility index (Phi) is 2.97. The summed E-state index contributed by atoms with van der Waals surface area (Å²) >= 11 is 0. The van der Waals surface area contributed by atoms with Crippen LogP contribution >= 0.6 is 8.86 Å².